The van der Waals surface area contributed by atoms with Gasteiger partial charge in [0.15, 0.2) is 0 Å². The molecule has 0 amide bonds. The Labute approximate surface area is 118 Å². The van der Waals surface area contributed by atoms with Crippen molar-refractivity contribution in [3.05, 3.63) is 60.7 Å². The monoisotopic (exact) mass is 292 g/mol. The van der Waals surface area contributed by atoms with Gasteiger partial charge in [-0.1, -0.05) is 36.4 Å². The third-order valence-electron chi connectivity index (χ3n) is 2.63. The lowest BCUT2D eigenvalue weighted by molar-refractivity contribution is 0.267. The highest BCUT2D eigenvalue weighted by Gasteiger charge is 2.31. The molecule has 0 fully saturated rings. The molecule has 0 spiro atoms. The standard InChI is InChI=1S/C14H17N2O3P/c15-11-12-19-20(17,18)16(13-7-3-1-4-8-13)14-9-5-2-6-10-14/h1-10H,11-12,15H2,(H,17,18). The van der Waals surface area contributed by atoms with Crippen LogP contribution in [0, 0.1) is 0 Å². The molecule has 0 radical (unpaired) electrons. The van der Waals surface area contributed by atoms with Crippen LogP contribution in [-0.2, 0) is 9.09 Å². The van der Waals surface area contributed by atoms with Crippen molar-refractivity contribution in [3.8, 4) is 0 Å². The molecule has 0 saturated carbocycles. The van der Waals surface area contributed by atoms with Gasteiger partial charge in [-0.25, -0.2) is 9.24 Å². The van der Waals surface area contributed by atoms with E-state index in [4.69, 9.17) is 10.3 Å². The number of rotatable bonds is 6. The van der Waals surface area contributed by atoms with Crippen molar-refractivity contribution in [2.75, 3.05) is 17.8 Å². The molecule has 1 unspecified atom stereocenters. The van der Waals surface area contributed by atoms with Crippen LogP contribution in [-0.4, -0.2) is 18.0 Å². The minimum atomic E-state index is -4.01. The molecule has 2 aromatic rings. The molecule has 0 aliphatic carbocycles. The maximum atomic E-state index is 12.5. The molecule has 3 N–H and O–H groups in total. The van der Waals surface area contributed by atoms with E-state index in [0.717, 1.165) is 0 Å². The van der Waals surface area contributed by atoms with Gasteiger partial charge in [-0.3, -0.25) is 4.52 Å². The minimum Gasteiger partial charge on any atom is -0.328 e. The zero-order chi connectivity index (χ0) is 14.4. The van der Waals surface area contributed by atoms with Crippen molar-refractivity contribution in [3.63, 3.8) is 0 Å². The Morgan fingerprint density at radius 1 is 1.00 bits per heavy atom. The zero-order valence-corrected chi connectivity index (χ0v) is 11.8. The van der Waals surface area contributed by atoms with Crippen LogP contribution >= 0.6 is 7.75 Å². The van der Waals surface area contributed by atoms with E-state index in [0.29, 0.717) is 11.4 Å². The van der Waals surface area contributed by atoms with E-state index < -0.39 is 7.75 Å². The van der Waals surface area contributed by atoms with E-state index in [-0.39, 0.29) is 13.2 Å². The van der Waals surface area contributed by atoms with E-state index >= 15 is 0 Å². The first kappa shape index (κ1) is 14.8. The highest BCUT2D eigenvalue weighted by atomic mass is 31.2. The predicted molar refractivity (Wildman–Crippen MR) is 79.9 cm³/mol. The summed E-state index contributed by atoms with van der Waals surface area (Å²) in [4.78, 5) is 10.2. The molecule has 106 valence electrons. The first-order valence-electron chi connectivity index (χ1n) is 6.23. The van der Waals surface area contributed by atoms with Gasteiger partial charge < -0.3 is 10.6 Å². The Hall–Kier alpha value is -1.65. The molecule has 5 nitrogen and oxygen atoms in total. The number of benzene rings is 2. The topological polar surface area (TPSA) is 75.8 Å². The fourth-order valence-electron chi connectivity index (χ4n) is 1.81. The summed E-state index contributed by atoms with van der Waals surface area (Å²) in [6.45, 7) is 0.200. The smallest absolute Gasteiger partial charge is 0.328 e. The second-order valence-electron chi connectivity index (χ2n) is 4.10. The largest absolute Gasteiger partial charge is 0.437 e. The third-order valence-corrected chi connectivity index (χ3v) is 4.12. The summed E-state index contributed by atoms with van der Waals surface area (Å²) in [5, 5.41) is 0. The average molecular weight is 292 g/mol. The molecule has 0 aliphatic rings. The van der Waals surface area contributed by atoms with E-state index in [1.165, 1.54) is 4.67 Å². The molecule has 1 atom stereocenters. The van der Waals surface area contributed by atoms with E-state index in [1.807, 2.05) is 12.1 Å². The van der Waals surface area contributed by atoms with Crippen LogP contribution < -0.4 is 10.4 Å². The summed E-state index contributed by atoms with van der Waals surface area (Å²) in [6, 6.07) is 17.9. The van der Waals surface area contributed by atoms with Crippen molar-refractivity contribution in [2.45, 2.75) is 0 Å². The van der Waals surface area contributed by atoms with Crippen LogP contribution in [0.5, 0.6) is 0 Å². The Bertz CT molecular complexity index is 538. The van der Waals surface area contributed by atoms with Gasteiger partial charge >= 0.3 is 7.75 Å². The van der Waals surface area contributed by atoms with Crippen molar-refractivity contribution in [2.24, 2.45) is 5.73 Å². The van der Waals surface area contributed by atoms with Crippen molar-refractivity contribution in [1.29, 1.82) is 0 Å². The third kappa shape index (κ3) is 3.46. The summed E-state index contributed by atoms with van der Waals surface area (Å²) in [5.41, 5.74) is 6.51. The number of nitrogens with two attached hydrogens (primary N) is 1. The van der Waals surface area contributed by atoms with Gasteiger partial charge in [0.1, 0.15) is 0 Å². The summed E-state index contributed by atoms with van der Waals surface area (Å²) in [7, 11) is -4.01. The van der Waals surface area contributed by atoms with Crippen LogP contribution in [0.15, 0.2) is 60.7 Å². The normalized spacial score (nSPS) is 13.7. The van der Waals surface area contributed by atoms with Crippen LogP contribution in [0.2, 0.25) is 0 Å². The molecule has 0 saturated heterocycles. The van der Waals surface area contributed by atoms with Crippen LogP contribution in [0.3, 0.4) is 0 Å². The summed E-state index contributed by atoms with van der Waals surface area (Å²) in [6.07, 6.45) is 0. The van der Waals surface area contributed by atoms with Gasteiger partial charge in [0, 0.05) is 6.54 Å². The lowest BCUT2D eigenvalue weighted by Crippen LogP contribution is -2.17. The molecule has 0 aliphatic heterocycles. The molecule has 6 heteroatoms. The van der Waals surface area contributed by atoms with Crippen molar-refractivity contribution < 1.29 is 14.0 Å². The molecule has 2 rings (SSSR count). The summed E-state index contributed by atoms with van der Waals surface area (Å²) >= 11 is 0. The van der Waals surface area contributed by atoms with Crippen LogP contribution in [0.4, 0.5) is 11.4 Å². The van der Waals surface area contributed by atoms with Gasteiger partial charge in [-0.05, 0) is 24.3 Å². The minimum absolute atomic E-state index is 0.0178. The highest BCUT2D eigenvalue weighted by molar-refractivity contribution is 7.55. The lowest BCUT2D eigenvalue weighted by Gasteiger charge is -2.28. The summed E-state index contributed by atoms with van der Waals surface area (Å²) in [5.74, 6) is 0. The van der Waals surface area contributed by atoms with E-state index in [9.17, 15) is 9.46 Å². The van der Waals surface area contributed by atoms with Crippen LogP contribution in [0.1, 0.15) is 0 Å². The molecular formula is C14H17N2O3P. The molecule has 20 heavy (non-hydrogen) atoms. The maximum Gasteiger partial charge on any atom is 0.437 e. The maximum absolute atomic E-state index is 12.5. The SMILES string of the molecule is NCCOP(=O)(O)N(c1ccccc1)c1ccccc1. The predicted octanol–water partition coefficient (Wildman–Crippen LogP) is 2.90. The average Bonchev–Trinajstić information content (AvgIpc) is 2.47. The van der Waals surface area contributed by atoms with Gasteiger partial charge in [0.25, 0.3) is 0 Å². The highest BCUT2D eigenvalue weighted by Crippen LogP contribution is 2.53. The number of para-hydroxylation sites is 2. The number of anilines is 2. The molecule has 0 heterocycles. The van der Waals surface area contributed by atoms with Gasteiger partial charge in [-0.2, -0.15) is 0 Å². The van der Waals surface area contributed by atoms with Gasteiger partial charge in [0.05, 0.1) is 18.0 Å². The van der Waals surface area contributed by atoms with Gasteiger partial charge in [0.2, 0.25) is 0 Å². The number of hydrogen-bond donors (Lipinski definition) is 2. The Kier molecular flexibility index (Phi) is 4.93. The fraction of sp³-hybridized carbons (Fsp3) is 0.143. The fourth-order valence-corrected chi connectivity index (χ4v) is 3.12. The van der Waals surface area contributed by atoms with E-state index in [1.54, 1.807) is 48.5 Å². The first-order valence-corrected chi connectivity index (χ1v) is 7.76. The molecule has 0 aromatic heterocycles. The number of nitrogens with zero attached hydrogens (tertiary/aromatic N) is 1. The Morgan fingerprint density at radius 2 is 1.45 bits per heavy atom. The molecule has 0 bridgehead atoms. The Balaban J connectivity index is 2.43. The lowest BCUT2D eigenvalue weighted by atomic mass is 10.3. The summed E-state index contributed by atoms with van der Waals surface area (Å²) < 4.78 is 18.8. The van der Waals surface area contributed by atoms with Gasteiger partial charge in [-0.15, -0.1) is 0 Å². The number of hydrogen-bond acceptors (Lipinski definition) is 3. The van der Waals surface area contributed by atoms with Crippen molar-refractivity contribution >= 4 is 19.1 Å². The second kappa shape index (κ2) is 6.68. The second-order valence-corrected chi connectivity index (χ2v) is 5.73. The first-order chi connectivity index (χ1) is 9.65. The Morgan fingerprint density at radius 3 is 1.85 bits per heavy atom. The van der Waals surface area contributed by atoms with Crippen molar-refractivity contribution in [1.82, 2.24) is 0 Å². The van der Waals surface area contributed by atoms with E-state index in [2.05, 4.69) is 0 Å². The zero-order valence-electron chi connectivity index (χ0n) is 10.9. The quantitative estimate of drug-likeness (QED) is 0.801. The van der Waals surface area contributed by atoms with Crippen LogP contribution in [0.25, 0.3) is 0 Å². The molecule has 2 aromatic carbocycles. The molecular weight excluding hydrogens is 275 g/mol.